The molecule has 0 amide bonds. The molecule has 2 rings (SSSR count). The van der Waals surface area contributed by atoms with Crippen molar-refractivity contribution in [3.63, 3.8) is 0 Å². The molecule has 6 heteroatoms. The topological polar surface area (TPSA) is 49.9 Å². The lowest BCUT2D eigenvalue weighted by atomic mass is 10.1. The van der Waals surface area contributed by atoms with Crippen molar-refractivity contribution in [2.45, 2.75) is 26.1 Å². The first kappa shape index (κ1) is 13.5. The van der Waals surface area contributed by atoms with E-state index >= 15 is 0 Å². The van der Waals surface area contributed by atoms with E-state index in [1.807, 2.05) is 13.1 Å². The molecule has 1 unspecified atom stereocenters. The Bertz CT molecular complexity index is 485. The summed E-state index contributed by atoms with van der Waals surface area (Å²) in [5.74, 6) is 0.168. The third-order valence-electron chi connectivity index (χ3n) is 2.78. The van der Waals surface area contributed by atoms with Gasteiger partial charge in [0.05, 0.1) is 6.20 Å². The quantitative estimate of drug-likeness (QED) is 0.846. The van der Waals surface area contributed by atoms with Crippen molar-refractivity contribution >= 4 is 0 Å². The number of hydrogen-bond acceptors (Lipinski definition) is 3. The Hall–Kier alpha value is -1.95. The van der Waals surface area contributed by atoms with Gasteiger partial charge >= 0.3 is 6.61 Å². The number of hydrogen-bond donors (Lipinski definition) is 2. The standard InChI is InChI=1S/C13H15F2N3O/c1-9(11-7-17-18-8-11)16-6-10-2-4-12(5-3-10)19-13(14)15/h2-5,7-9,13,16H,6H2,1H3,(H,17,18). The molecule has 2 aromatic rings. The first-order valence-corrected chi connectivity index (χ1v) is 5.91. The van der Waals surface area contributed by atoms with Crippen LogP contribution in [0.5, 0.6) is 5.75 Å². The summed E-state index contributed by atoms with van der Waals surface area (Å²) in [5.41, 5.74) is 2.06. The summed E-state index contributed by atoms with van der Waals surface area (Å²) in [6, 6.07) is 6.74. The highest BCUT2D eigenvalue weighted by atomic mass is 19.3. The zero-order chi connectivity index (χ0) is 13.7. The first-order chi connectivity index (χ1) is 9.15. The van der Waals surface area contributed by atoms with Crippen LogP contribution >= 0.6 is 0 Å². The van der Waals surface area contributed by atoms with Crippen LogP contribution < -0.4 is 10.1 Å². The van der Waals surface area contributed by atoms with Gasteiger partial charge in [0.15, 0.2) is 0 Å². The molecular formula is C13H15F2N3O. The summed E-state index contributed by atoms with van der Waals surface area (Å²) in [5, 5.41) is 9.95. The number of aromatic amines is 1. The lowest BCUT2D eigenvalue weighted by Crippen LogP contribution is -2.17. The van der Waals surface area contributed by atoms with E-state index in [0.717, 1.165) is 11.1 Å². The van der Waals surface area contributed by atoms with Crippen molar-refractivity contribution in [3.05, 3.63) is 47.8 Å². The van der Waals surface area contributed by atoms with Crippen LogP contribution in [0.4, 0.5) is 8.78 Å². The normalized spacial score (nSPS) is 12.6. The molecule has 0 fully saturated rings. The van der Waals surface area contributed by atoms with E-state index in [1.54, 1.807) is 18.3 Å². The molecule has 0 saturated carbocycles. The second-order valence-corrected chi connectivity index (χ2v) is 4.16. The number of rotatable bonds is 6. The molecule has 1 atom stereocenters. The lowest BCUT2D eigenvalue weighted by molar-refractivity contribution is -0.0498. The van der Waals surface area contributed by atoms with Gasteiger partial charge in [-0.1, -0.05) is 12.1 Å². The second kappa shape index (κ2) is 6.29. The van der Waals surface area contributed by atoms with Gasteiger partial charge in [-0.05, 0) is 24.6 Å². The minimum atomic E-state index is -2.79. The van der Waals surface area contributed by atoms with Crippen LogP contribution in [-0.4, -0.2) is 16.8 Å². The van der Waals surface area contributed by atoms with Crippen molar-refractivity contribution in [1.82, 2.24) is 15.5 Å². The summed E-state index contributed by atoms with van der Waals surface area (Å²) >= 11 is 0. The fraction of sp³-hybridized carbons (Fsp3) is 0.308. The molecule has 0 aliphatic carbocycles. The summed E-state index contributed by atoms with van der Waals surface area (Å²) in [6.07, 6.45) is 3.59. The smallest absolute Gasteiger partial charge is 0.387 e. The van der Waals surface area contributed by atoms with Crippen LogP contribution in [0.25, 0.3) is 0 Å². The minimum absolute atomic E-state index is 0.163. The van der Waals surface area contributed by atoms with Gasteiger partial charge in [-0.3, -0.25) is 5.10 Å². The Balaban J connectivity index is 1.86. The molecule has 4 nitrogen and oxygen atoms in total. The SMILES string of the molecule is CC(NCc1ccc(OC(F)F)cc1)c1cn[nH]c1. The van der Waals surface area contributed by atoms with Gasteiger partial charge in [0.1, 0.15) is 5.75 Å². The van der Waals surface area contributed by atoms with Crippen molar-refractivity contribution in [1.29, 1.82) is 0 Å². The van der Waals surface area contributed by atoms with Crippen LogP contribution in [0.1, 0.15) is 24.1 Å². The average Bonchev–Trinajstić information content (AvgIpc) is 2.91. The molecule has 1 aromatic heterocycles. The molecule has 0 bridgehead atoms. The molecule has 0 saturated heterocycles. The van der Waals surface area contributed by atoms with Crippen molar-refractivity contribution in [2.75, 3.05) is 0 Å². The number of benzene rings is 1. The maximum Gasteiger partial charge on any atom is 0.387 e. The fourth-order valence-electron chi connectivity index (χ4n) is 1.68. The van der Waals surface area contributed by atoms with Gasteiger partial charge in [0.25, 0.3) is 0 Å². The highest BCUT2D eigenvalue weighted by Gasteiger charge is 2.06. The molecule has 102 valence electrons. The van der Waals surface area contributed by atoms with Gasteiger partial charge in [-0.25, -0.2) is 0 Å². The number of H-pyrrole nitrogens is 1. The van der Waals surface area contributed by atoms with Gasteiger partial charge in [-0.2, -0.15) is 13.9 Å². The summed E-state index contributed by atoms with van der Waals surface area (Å²) in [4.78, 5) is 0. The Kier molecular flexibility index (Phi) is 4.46. The zero-order valence-electron chi connectivity index (χ0n) is 10.4. The van der Waals surface area contributed by atoms with Gasteiger partial charge in [0, 0.05) is 24.3 Å². The third-order valence-corrected chi connectivity index (χ3v) is 2.78. The van der Waals surface area contributed by atoms with Crippen molar-refractivity contribution in [3.8, 4) is 5.75 Å². The second-order valence-electron chi connectivity index (χ2n) is 4.16. The Morgan fingerprint density at radius 3 is 2.63 bits per heavy atom. The largest absolute Gasteiger partial charge is 0.435 e. The van der Waals surface area contributed by atoms with Crippen molar-refractivity contribution in [2.24, 2.45) is 0 Å². The third kappa shape index (κ3) is 4.03. The molecule has 1 aromatic carbocycles. The monoisotopic (exact) mass is 267 g/mol. The van der Waals surface area contributed by atoms with E-state index in [-0.39, 0.29) is 11.8 Å². The van der Waals surface area contributed by atoms with E-state index in [2.05, 4.69) is 20.3 Å². The number of nitrogens with zero attached hydrogens (tertiary/aromatic N) is 1. The predicted molar refractivity (Wildman–Crippen MR) is 66.9 cm³/mol. The van der Waals surface area contributed by atoms with Crippen LogP contribution in [0.2, 0.25) is 0 Å². The molecular weight excluding hydrogens is 252 g/mol. The molecule has 2 N–H and O–H groups in total. The zero-order valence-corrected chi connectivity index (χ0v) is 10.4. The Morgan fingerprint density at radius 2 is 2.05 bits per heavy atom. The van der Waals surface area contributed by atoms with Gasteiger partial charge < -0.3 is 10.1 Å². The molecule has 0 spiro atoms. The van der Waals surface area contributed by atoms with Crippen LogP contribution in [0.15, 0.2) is 36.7 Å². The van der Waals surface area contributed by atoms with Gasteiger partial charge in [0.2, 0.25) is 0 Å². The number of ether oxygens (including phenoxy) is 1. The predicted octanol–water partition coefficient (Wildman–Crippen LogP) is 2.86. The Morgan fingerprint density at radius 1 is 1.32 bits per heavy atom. The lowest BCUT2D eigenvalue weighted by Gasteiger charge is -2.12. The van der Waals surface area contributed by atoms with Gasteiger partial charge in [-0.15, -0.1) is 0 Å². The molecule has 0 radical (unpaired) electrons. The number of aromatic nitrogens is 2. The van der Waals surface area contributed by atoms with Crippen LogP contribution in [0, 0.1) is 0 Å². The molecule has 1 heterocycles. The fourth-order valence-corrected chi connectivity index (χ4v) is 1.68. The first-order valence-electron chi connectivity index (χ1n) is 5.91. The minimum Gasteiger partial charge on any atom is -0.435 e. The van der Waals surface area contributed by atoms with E-state index in [1.165, 1.54) is 12.1 Å². The number of alkyl halides is 2. The number of nitrogens with one attached hydrogen (secondary N) is 2. The van der Waals surface area contributed by atoms with E-state index in [9.17, 15) is 8.78 Å². The molecule has 0 aliphatic heterocycles. The van der Waals surface area contributed by atoms with Crippen LogP contribution in [0.3, 0.4) is 0 Å². The maximum atomic E-state index is 12.0. The Labute approximate surface area is 109 Å². The van der Waals surface area contributed by atoms with E-state index < -0.39 is 6.61 Å². The van der Waals surface area contributed by atoms with Crippen LogP contribution in [-0.2, 0) is 6.54 Å². The summed E-state index contributed by atoms with van der Waals surface area (Å²) in [6.45, 7) is -0.120. The number of halogens is 2. The average molecular weight is 267 g/mol. The van der Waals surface area contributed by atoms with Crippen molar-refractivity contribution < 1.29 is 13.5 Å². The highest BCUT2D eigenvalue weighted by Crippen LogP contribution is 2.16. The summed E-state index contributed by atoms with van der Waals surface area (Å²) in [7, 11) is 0. The maximum absolute atomic E-state index is 12.0. The van der Waals surface area contributed by atoms with E-state index in [4.69, 9.17) is 0 Å². The van der Waals surface area contributed by atoms with E-state index in [0.29, 0.717) is 6.54 Å². The summed E-state index contributed by atoms with van der Waals surface area (Å²) < 4.78 is 28.3. The molecule has 0 aliphatic rings. The highest BCUT2D eigenvalue weighted by molar-refractivity contribution is 5.27. The molecule has 19 heavy (non-hydrogen) atoms.